The fourth-order valence-corrected chi connectivity index (χ4v) is 3.68. The largest absolute Gasteiger partial charge is 0.497 e. The Hall–Kier alpha value is -4.40. The average molecular weight is 445 g/mol. The second-order valence-corrected chi connectivity index (χ2v) is 7.56. The molecular weight excluding hydrogens is 426 g/mol. The molecular formula is C24H19N3O6. The zero-order valence-corrected chi connectivity index (χ0v) is 17.9. The minimum atomic E-state index is -0.451. The van der Waals surface area contributed by atoms with E-state index in [0.717, 1.165) is 21.9 Å². The lowest BCUT2D eigenvalue weighted by atomic mass is 10.1. The van der Waals surface area contributed by atoms with Gasteiger partial charge in [0.05, 0.1) is 19.9 Å². The lowest BCUT2D eigenvalue weighted by molar-refractivity contribution is 0.301. The standard InChI is InChI=1S/C24H19N3O6/c1-14-7-23(28)32-21-10-18(4-5-19(14)21)31-13-16-12-27(26-25-16)11-15-8-24(29)33-22-9-17(30-2)3-6-20(15)22/h3-10,12H,11,13H2,1-2H3. The minimum Gasteiger partial charge on any atom is -0.497 e. The van der Waals surface area contributed by atoms with Gasteiger partial charge in [0.1, 0.15) is 35.0 Å². The van der Waals surface area contributed by atoms with E-state index in [1.54, 1.807) is 36.2 Å². The van der Waals surface area contributed by atoms with Crippen molar-refractivity contribution < 1.29 is 18.3 Å². The first-order valence-corrected chi connectivity index (χ1v) is 10.2. The van der Waals surface area contributed by atoms with Crippen molar-refractivity contribution in [1.29, 1.82) is 0 Å². The van der Waals surface area contributed by atoms with E-state index in [0.29, 0.717) is 34.9 Å². The zero-order valence-electron chi connectivity index (χ0n) is 17.9. The van der Waals surface area contributed by atoms with Crippen molar-refractivity contribution in [2.75, 3.05) is 7.11 Å². The summed E-state index contributed by atoms with van der Waals surface area (Å²) in [5.41, 5.74) is 2.26. The van der Waals surface area contributed by atoms with E-state index >= 15 is 0 Å². The summed E-state index contributed by atoms with van der Waals surface area (Å²) in [6.07, 6.45) is 1.75. The summed E-state index contributed by atoms with van der Waals surface area (Å²) in [4.78, 5) is 23.6. The van der Waals surface area contributed by atoms with Crippen molar-refractivity contribution in [3.05, 3.63) is 92.4 Å². The lowest BCUT2D eigenvalue weighted by Crippen LogP contribution is -2.06. The van der Waals surface area contributed by atoms with Crippen LogP contribution >= 0.6 is 0 Å². The van der Waals surface area contributed by atoms with Crippen molar-refractivity contribution in [2.24, 2.45) is 0 Å². The van der Waals surface area contributed by atoms with Crippen LogP contribution in [0.15, 0.2) is 73.2 Å². The molecule has 5 rings (SSSR count). The quantitative estimate of drug-likeness (QED) is 0.366. The third kappa shape index (κ3) is 4.20. The first-order chi connectivity index (χ1) is 16.0. The molecule has 0 aliphatic carbocycles. The van der Waals surface area contributed by atoms with Crippen LogP contribution < -0.4 is 20.7 Å². The predicted molar refractivity (Wildman–Crippen MR) is 120 cm³/mol. The van der Waals surface area contributed by atoms with E-state index in [-0.39, 0.29) is 6.61 Å². The van der Waals surface area contributed by atoms with Crippen LogP contribution in [0, 0.1) is 6.92 Å². The molecule has 0 aliphatic heterocycles. The number of methoxy groups -OCH3 is 1. The van der Waals surface area contributed by atoms with Crippen molar-refractivity contribution in [3.8, 4) is 11.5 Å². The molecule has 33 heavy (non-hydrogen) atoms. The Morgan fingerprint density at radius 1 is 0.909 bits per heavy atom. The highest BCUT2D eigenvalue weighted by molar-refractivity contribution is 5.82. The van der Waals surface area contributed by atoms with Gasteiger partial charge in [0.15, 0.2) is 0 Å². The highest BCUT2D eigenvalue weighted by atomic mass is 16.5. The maximum Gasteiger partial charge on any atom is 0.336 e. The summed E-state index contributed by atoms with van der Waals surface area (Å²) >= 11 is 0. The number of rotatable bonds is 6. The van der Waals surface area contributed by atoms with Crippen molar-refractivity contribution in [1.82, 2.24) is 15.0 Å². The number of ether oxygens (including phenoxy) is 2. The molecule has 166 valence electrons. The van der Waals surface area contributed by atoms with Gasteiger partial charge < -0.3 is 18.3 Å². The number of hydrogen-bond donors (Lipinski definition) is 0. The summed E-state index contributed by atoms with van der Waals surface area (Å²) in [5.74, 6) is 1.15. The molecule has 0 aliphatic rings. The molecule has 9 heteroatoms. The van der Waals surface area contributed by atoms with Crippen molar-refractivity contribution >= 4 is 21.9 Å². The second kappa shape index (κ2) is 8.27. The summed E-state index contributed by atoms with van der Waals surface area (Å²) in [6.45, 7) is 2.37. The molecule has 0 amide bonds. The second-order valence-electron chi connectivity index (χ2n) is 7.56. The Morgan fingerprint density at radius 2 is 1.61 bits per heavy atom. The van der Waals surface area contributed by atoms with E-state index < -0.39 is 11.3 Å². The van der Waals surface area contributed by atoms with Gasteiger partial charge in [-0.15, -0.1) is 5.10 Å². The van der Waals surface area contributed by atoms with Gasteiger partial charge in [0.25, 0.3) is 0 Å². The zero-order chi connectivity index (χ0) is 22.9. The van der Waals surface area contributed by atoms with Crippen LogP contribution in [0.2, 0.25) is 0 Å². The third-order valence-electron chi connectivity index (χ3n) is 5.27. The molecule has 3 aromatic heterocycles. The van der Waals surface area contributed by atoms with Crippen LogP contribution in [0.4, 0.5) is 0 Å². The van der Waals surface area contributed by atoms with E-state index in [4.69, 9.17) is 18.3 Å². The molecule has 3 heterocycles. The SMILES string of the molecule is COc1ccc2c(Cn3cc(COc4ccc5c(C)cc(=O)oc5c4)nn3)cc(=O)oc2c1. The number of hydrogen-bond acceptors (Lipinski definition) is 8. The van der Waals surface area contributed by atoms with E-state index in [1.165, 1.54) is 12.1 Å². The van der Waals surface area contributed by atoms with Crippen LogP contribution in [0.1, 0.15) is 16.8 Å². The van der Waals surface area contributed by atoms with Crippen LogP contribution in [-0.2, 0) is 13.2 Å². The van der Waals surface area contributed by atoms with Crippen LogP contribution in [0.5, 0.6) is 11.5 Å². The smallest absolute Gasteiger partial charge is 0.336 e. The number of aromatic nitrogens is 3. The topological polar surface area (TPSA) is 110 Å². The molecule has 0 bridgehead atoms. The number of nitrogens with zero attached hydrogens (tertiary/aromatic N) is 3. The van der Waals surface area contributed by atoms with Gasteiger partial charge in [-0.05, 0) is 42.3 Å². The number of benzene rings is 2. The van der Waals surface area contributed by atoms with Gasteiger partial charge >= 0.3 is 11.3 Å². The molecule has 5 aromatic rings. The molecule has 0 saturated heterocycles. The fourth-order valence-electron chi connectivity index (χ4n) is 3.68. The van der Waals surface area contributed by atoms with Crippen LogP contribution in [0.3, 0.4) is 0 Å². The summed E-state index contributed by atoms with van der Waals surface area (Å²) in [7, 11) is 1.55. The molecule has 0 unspecified atom stereocenters. The van der Waals surface area contributed by atoms with E-state index in [9.17, 15) is 9.59 Å². The first-order valence-electron chi connectivity index (χ1n) is 10.2. The maximum absolute atomic E-state index is 12.0. The monoisotopic (exact) mass is 445 g/mol. The van der Waals surface area contributed by atoms with Gasteiger partial charge in [-0.2, -0.15) is 0 Å². The van der Waals surface area contributed by atoms with E-state index in [1.807, 2.05) is 25.1 Å². The Labute approximate surface area is 186 Å². The van der Waals surface area contributed by atoms with Crippen molar-refractivity contribution in [2.45, 2.75) is 20.1 Å². The summed E-state index contributed by atoms with van der Waals surface area (Å²) in [6, 6.07) is 13.6. The van der Waals surface area contributed by atoms with Gasteiger partial charge in [0, 0.05) is 35.0 Å². The van der Waals surface area contributed by atoms with Crippen LogP contribution in [0.25, 0.3) is 21.9 Å². The third-order valence-corrected chi connectivity index (χ3v) is 5.27. The van der Waals surface area contributed by atoms with Gasteiger partial charge in [0.2, 0.25) is 0 Å². The fraction of sp³-hybridized carbons (Fsp3) is 0.167. The molecule has 9 nitrogen and oxygen atoms in total. The summed E-state index contributed by atoms with van der Waals surface area (Å²) in [5, 5.41) is 9.92. The normalized spacial score (nSPS) is 11.2. The molecule has 0 atom stereocenters. The molecule has 0 saturated carbocycles. The van der Waals surface area contributed by atoms with Gasteiger partial charge in [-0.1, -0.05) is 5.21 Å². The average Bonchev–Trinajstić information content (AvgIpc) is 3.24. The molecule has 0 N–H and O–H groups in total. The Kier molecular flexibility index (Phi) is 5.14. The minimum absolute atomic E-state index is 0.177. The van der Waals surface area contributed by atoms with Gasteiger partial charge in [-0.3, -0.25) is 0 Å². The summed E-state index contributed by atoms with van der Waals surface area (Å²) < 4.78 is 23.2. The number of fused-ring (bicyclic) bond motifs is 2. The predicted octanol–water partition coefficient (Wildman–Crippen LogP) is 3.44. The van der Waals surface area contributed by atoms with Crippen LogP contribution in [-0.4, -0.2) is 22.1 Å². The lowest BCUT2D eigenvalue weighted by Gasteiger charge is -2.07. The van der Waals surface area contributed by atoms with Crippen molar-refractivity contribution in [3.63, 3.8) is 0 Å². The number of aryl methyl sites for hydroxylation is 1. The Balaban J connectivity index is 1.34. The van der Waals surface area contributed by atoms with E-state index in [2.05, 4.69) is 10.3 Å². The Morgan fingerprint density at radius 3 is 2.42 bits per heavy atom. The molecule has 2 aromatic carbocycles. The first kappa shape index (κ1) is 20.5. The Bertz CT molecular complexity index is 1600. The highest BCUT2D eigenvalue weighted by Gasteiger charge is 2.10. The highest BCUT2D eigenvalue weighted by Crippen LogP contribution is 2.24. The maximum atomic E-state index is 12.0. The molecule has 0 fully saturated rings. The van der Waals surface area contributed by atoms with Gasteiger partial charge in [-0.25, -0.2) is 14.3 Å². The molecule has 0 spiro atoms. The molecule has 0 radical (unpaired) electrons.